The molecular formula is C9H22N2O. The highest BCUT2D eigenvalue weighted by atomic mass is 16.5. The van der Waals surface area contributed by atoms with Gasteiger partial charge in [-0.15, -0.1) is 0 Å². The summed E-state index contributed by atoms with van der Waals surface area (Å²) in [6.45, 7) is 4.65. The van der Waals surface area contributed by atoms with Gasteiger partial charge in [0.25, 0.3) is 0 Å². The molecular weight excluding hydrogens is 152 g/mol. The Kier molecular flexibility index (Phi) is 7.45. The van der Waals surface area contributed by atoms with E-state index < -0.39 is 0 Å². The van der Waals surface area contributed by atoms with Crippen molar-refractivity contribution in [2.75, 3.05) is 33.8 Å². The predicted molar refractivity (Wildman–Crippen MR) is 52.3 cm³/mol. The molecule has 0 aromatic rings. The molecule has 0 amide bonds. The van der Waals surface area contributed by atoms with Crippen LogP contribution >= 0.6 is 0 Å². The zero-order chi connectivity index (χ0) is 9.40. The Morgan fingerprint density at radius 2 is 2.08 bits per heavy atom. The summed E-state index contributed by atoms with van der Waals surface area (Å²) in [5.41, 5.74) is 5.49. The highest BCUT2D eigenvalue weighted by Crippen LogP contribution is 1.96. The van der Waals surface area contributed by atoms with E-state index in [-0.39, 0.29) is 6.10 Å². The van der Waals surface area contributed by atoms with Gasteiger partial charge < -0.3 is 15.4 Å². The Balaban J connectivity index is 3.17. The lowest BCUT2D eigenvalue weighted by Gasteiger charge is -2.14. The lowest BCUT2D eigenvalue weighted by molar-refractivity contribution is 0.0521. The number of hydrogen-bond acceptors (Lipinski definition) is 3. The molecule has 0 rings (SSSR count). The fourth-order valence-electron chi connectivity index (χ4n) is 0.983. The lowest BCUT2D eigenvalue weighted by Crippen LogP contribution is -2.24. The molecule has 0 aromatic carbocycles. The Labute approximate surface area is 75.9 Å². The number of hydrogen-bond donors (Lipinski definition) is 1. The van der Waals surface area contributed by atoms with Crippen molar-refractivity contribution in [3.05, 3.63) is 0 Å². The molecule has 3 heteroatoms. The number of rotatable bonds is 7. The average Bonchev–Trinajstić information content (AvgIpc) is 2.04. The normalized spacial score (nSPS) is 13.8. The third-order valence-electron chi connectivity index (χ3n) is 1.82. The molecule has 2 N–H and O–H groups in total. The van der Waals surface area contributed by atoms with E-state index in [1.165, 1.54) is 0 Å². The predicted octanol–water partition coefficient (Wildman–Crippen LogP) is 0.692. The quantitative estimate of drug-likeness (QED) is 0.577. The molecule has 12 heavy (non-hydrogen) atoms. The molecule has 0 saturated heterocycles. The van der Waals surface area contributed by atoms with Crippen molar-refractivity contribution in [1.82, 2.24) is 4.90 Å². The molecule has 1 unspecified atom stereocenters. The molecule has 0 saturated carbocycles. The molecule has 0 heterocycles. The molecule has 0 spiro atoms. The van der Waals surface area contributed by atoms with Crippen LogP contribution in [-0.4, -0.2) is 44.8 Å². The Morgan fingerprint density at radius 1 is 1.42 bits per heavy atom. The second kappa shape index (κ2) is 7.53. The first-order chi connectivity index (χ1) is 5.70. The van der Waals surface area contributed by atoms with Crippen molar-refractivity contribution in [1.29, 1.82) is 0 Å². The van der Waals surface area contributed by atoms with Crippen LogP contribution in [-0.2, 0) is 4.74 Å². The van der Waals surface area contributed by atoms with E-state index in [1.54, 1.807) is 0 Å². The van der Waals surface area contributed by atoms with Gasteiger partial charge in [0, 0.05) is 13.2 Å². The first-order valence-corrected chi connectivity index (χ1v) is 4.67. The van der Waals surface area contributed by atoms with Gasteiger partial charge >= 0.3 is 0 Å². The molecule has 0 aliphatic rings. The maximum atomic E-state index is 5.54. The van der Waals surface area contributed by atoms with Crippen LogP contribution in [0.5, 0.6) is 0 Å². The topological polar surface area (TPSA) is 38.5 Å². The van der Waals surface area contributed by atoms with Crippen LogP contribution in [0.2, 0.25) is 0 Å². The average molecular weight is 174 g/mol. The maximum Gasteiger partial charge on any atom is 0.0694 e. The minimum Gasteiger partial charge on any atom is -0.377 e. The van der Waals surface area contributed by atoms with Crippen LogP contribution in [0.4, 0.5) is 0 Å². The Morgan fingerprint density at radius 3 is 2.50 bits per heavy atom. The van der Waals surface area contributed by atoms with Crippen LogP contribution in [0.3, 0.4) is 0 Å². The molecule has 0 aliphatic heterocycles. The zero-order valence-corrected chi connectivity index (χ0v) is 8.55. The summed E-state index contributed by atoms with van der Waals surface area (Å²) in [5.74, 6) is 0. The van der Waals surface area contributed by atoms with E-state index in [1.807, 2.05) is 0 Å². The third-order valence-corrected chi connectivity index (χ3v) is 1.82. The highest BCUT2D eigenvalue weighted by molar-refractivity contribution is 4.55. The zero-order valence-electron chi connectivity index (χ0n) is 8.55. The largest absolute Gasteiger partial charge is 0.377 e. The maximum absolute atomic E-state index is 5.54. The van der Waals surface area contributed by atoms with Gasteiger partial charge in [0.2, 0.25) is 0 Å². The van der Waals surface area contributed by atoms with Crippen molar-refractivity contribution >= 4 is 0 Å². The van der Waals surface area contributed by atoms with E-state index in [4.69, 9.17) is 10.5 Å². The van der Waals surface area contributed by atoms with Crippen molar-refractivity contribution in [3.8, 4) is 0 Å². The van der Waals surface area contributed by atoms with Gasteiger partial charge in [0.15, 0.2) is 0 Å². The van der Waals surface area contributed by atoms with Crippen LogP contribution in [0, 0.1) is 0 Å². The highest BCUT2D eigenvalue weighted by Gasteiger charge is 2.02. The van der Waals surface area contributed by atoms with E-state index in [9.17, 15) is 0 Å². The van der Waals surface area contributed by atoms with Gasteiger partial charge in [0.05, 0.1) is 6.10 Å². The molecule has 74 valence electrons. The summed E-state index contributed by atoms with van der Waals surface area (Å²) < 4.78 is 5.54. The van der Waals surface area contributed by atoms with Gasteiger partial charge in [-0.25, -0.2) is 0 Å². The molecule has 0 aromatic heterocycles. The lowest BCUT2D eigenvalue weighted by atomic mass is 10.3. The molecule has 0 bridgehead atoms. The second-order valence-electron chi connectivity index (χ2n) is 3.29. The second-order valence-corrected chi connectivity index (χ2v) is 3.29. The molecule has 0 fully saturated rings. The summed E-state index contributed by atoms with van der Waals surface area (Å²) in [6, 6.07) is 0. The Hall–Kier alpha value is -0.120. The van der Waals surface area contributed by atoms with E-state index in [2.05, 4.69) is 25.9 Å². The molecule has 0 radical (unpaired) electrons. The first kappa shape index (κ1) is 11.9. The minimum atomic E-state index is 0.257. The van der Waals surface area contributed by atoms with E-state index in [0.29, 0.717) is 6.54 Å². The SMILES string of the molecule is CCC(CN)OCCCN(C)C. The standard InChI is InChI=1S/C9H22N2O/c1-4-9(8-10)12-7-5-6-11(2)3/h9H,4-8,10H2,1-3H3. The van der Waals surface area contributed by atoms with Crippen molar-refractivity contribution in [2.24, 2.45) is 5.73 Å². The summed E-state index contributed by atoms with van der Waals surface area (Å²) in [5, 5.41) is 0. The fraction of sp³-hybridized carbons (Fsp3) is 1.00. The van der Waals surface area contributed by atoms with E-state index in [0.717, 1.165) is 26.0 Å². The summed E-state index contributed by atoms with van der Waals surface area (Å²) in [4.78, 5) is 2.16. The number of nitrogens with two attached hydrogens (primary N) is 1. The van der Waals surface area contributed by atoms with Gasteiger partial charge in [0.1, 0.15) is 0 Å². The van der Waals surface area contributed by atoms with Gasteiger partial charge in [-0.2, -0.15) is 0 Å². The third kappa shape index (κ3) is 6.58. The fourth-order valence-corrected chi connectivity index (χ4v) is 0.983. The van der Waals surface area contributed by atoms with E-state index >= 15 is 0 Å². The van der Waals surface area contributed by atoms with Crippen molar-refractivity contribution in [3.63, 3.8) is 0 Å². The first-order valence-electron chi connectivity index (χ1n) is 4.67. The minimum absolute atomic E-state index is 0.257. The van der Waals surface area contributed by atoms with Crippen LogP contribution in [0.25, 0.3) is 0 Å². The van der Waals surface area contributed by atoms with Gasteiger partial charge in [-0.3, -0.25) is 0 Å². The van der Waals surface area contributed by atoms with Crippen LogP contribution in [0.1, 0.15) is 19.8 Å². The summed E-state index contributed by atoms with van der Waals surface area (Å²) >= 11 is 0. The summed E-state index contributed by atoms with van der Waals surface area (Å²) in [6.07, 6.45) is 2.36. The van der Waals surface area contributed by atoms with Crippen molar-refractivity contribution in [2.45, 2.75) is 25.9 Å². The molecule has 1 atom stereocenters. The molecule has 3 nitrogen and oxygen atoms in total. The van der Waals surface area contributed by atoms with Crippen LogP contribution < -0.4 is 5.73 Å². The monoisotopic (exact) mass is 174 g/mol. The smallest absolute Gasteiger partial charge is 0.0694 e. The Bertz CT molecular complexity index is 92.5. The molecule has 0 aliphatic carbocycles. The van der Waals surface area contributed by atoms with Gasteiger partial charge in [-0.05, 0) is 33.5 Å². The number of nitrogens with zero attached hydrogens (tertiary/aromatic N) is 1. The van der Waals surface area contributed by atoms with Crippen molar-refractivity contribution < 1.29 is 4.74 Å². The van der Waals surface area contributed by atoms with Crippen LogP contribution in [0.15, 0.2) is 0 Å². The summed E-state index contributed by atoms with van der Waals surface area (Å²) in [7, 11) is 4.14. The van der Waals surface area contributed by atoms with Gasteiger partial charge in [-0.1, -0.05) is 6.92 Å². The number of ether oxygens (including phenoxy) is 1.